The van der Waals surface area contributed by atoms with Crippen LogP contribution in [0.1, 0.15) is 33.6 Å². The maximum atomic E-state index is 12.0. The van der Waals surface area contributed by atoms with Crippen molar-refractivity contribution < 1.29 is 9.53 Å². The predicted octanol–water partition coefficient (Wildman–Crippen LogP) is 1.27. The zero-order valence-electron chi connectivity index (χ0n) is 12.8. The molecule has 1 amide bonds. The monoisotopic (exact) mass is 281 g/mol. The third-order valence-electron chi connectivity index (χ3n) is 4.92. The van der Waals surface area contributed by atoms with Crippen molar-refractivity contribution in [2.45, 2.75) is 51.3 Å². The average Bonchev–Trinajstić information content (AvgIpc) is 2.81. The minimum Gasteiger partial charge on any atom is -0.444 e. The van der Waals surface area contributed by atoms with Crippen LogP contribution >= 0.6 is 0 Å². The molecule has 2 heterocycles. The summed E-state index contributed by atoms with van der Waals surface area (Å²) in [5.74, 6) is 1.50. The van der Waals surface area contributed by atoms with Crippen molar-refractivity contribution in [3.8, 4) is 0 Å². The molecule has 5 heteroatoms. The molecule has 0 aromatic rings. The molecule has 2 N–H and O–H groups in total. The highest BCUT2D eigenvalue weighted by atomic mass is 16.6. The topological polar surface area (TPSA) is 58.8 Å². The van der Waals surface area contributed by atoms with E-state index < -0.39 is 5.60 Å². The van der Waals surface area contributed by atoms with Crippen molar-refractivity contribution in [1.29, 1.82) is 0 Å². The van der Waals surface area contributed by atoms with E-state index in [0.717, 1.165) is 37.8 Å². The van der Waals surface area contributed by atoms with E-state index in [1.807, 2.05) is 25.7 Å². The zero-order chi connectivity index (χ0) is 14.5. The number of nitrogens with zero attached hydrogens (tertiary/aromatic N) is 2. The smallest absolute Gasteiger partial charge is 0.410 e. The number of amides is 1. The van der Waals surface area contributed by atoms with Gasteiger partial charge in [0.1, 0.15) is 5.60 Å². The first-order chi connectivity index (χ1) is 9.35. The Bertz CT molecular complexity index is 373. The van der Waals surface area contributed by atoms with Gasteiger partial charge in [0.2, 0.25) is 0 Å². The maximum Gasteiger partial charge on any atom is 0.410 e. The molecule has 1 aliphatic carbocycles. The molecule has 2 atom stereocenters. The number of carbonyl (C=O) groups is 1. The van der Waals surface area contributed by atoms with Crippen molar-refractivity contribution >= 4 is 6.09 Å². The van der Waals surface area contributed by atoms with E-state index in [4.69, 9.17) is 10.5 Å². The molecule has 114 valence electrons. The highest BCUT2D eigenvalue weighted by molar-refractivity contribution is 5.68. The summed E-state index contributed by atoms with van der Waals surface area (Å²) >= 11 is 0. The minimum absolute atomic E-state index is 0.165. The number of likely N-dealkylation sites (tertiary alicyclic amines) is 2. The number of ether oxygens (including phenoxy) is 1. The lowest BCUT2D eigenvalue weighted by molar-refractivity contribution is 0.0149. The van der Waals surface area contributed by atoms with E-state index in [2.05, 4.69) is 4.90 Å². The summed E-state index contributed by atoms with van der Waals surface area (Å²) in [6.45, 7) is 9.72. The van der Waals surface area contributed by atoms with Crippen LogP contribution in [-0.2, 0) is 4.74 Å². The Morgan fingerprint density at radius 3 is 2.20 bits per heavy atom. The normalized spacial score (nSPS) is 35.0. The lowest BCUT2D eigenvalue weighted by atomic mass is 10.0. The summed E-state index contributed by atoms with van der Waals surface area (Å²) in [6, 6.07) is 1.10. The first-order valence-corrected chi connectivity index (χ1v) is 7.83. The van der Waals surface area contributed by atoms with Crippen LogP contribution in [0, 0.1) is 11.8 Å². The third-order valence-corrected chi connectivity index (χ3v) is 4.92. The molecule has 3 rings (SSSR count). The quantitative estimate of drug-likeness (QED) is 0.786. The molecule has 0 radical (unpaired) electrons. The zero-order valence-corrected chi connectivity index (χ0v) is 12.8. The predicted molar refractivity (Wildman–Crippen MR) is 77.4 cm³/mol. The molecule has 20 heavy (non-hydrogen) atoms. The van der Waals surface area contributed by atoms with Crippen LogP contribution in [0.3, 0.4) is 0 Å². The fourth-order valence-electron chi connectivity index (χ4n) is 3.64. The molecule has 0 bridgehead atoms. The average molecular weight is 281 g/mol. The first-order valence-electron chi connectivity index (χ1n) is 7.83. The number of nitrogens with two attached hydrogens (primary N) is 1. The highest BCUT2D eigenvalue weighted by Gasteiger charge is 2.54. The first kappa shape index (κ1) is 14.1. The molecule has 0 aromatic carbocycles. The summed E-state index contributed by atoms with van der Waals surface area (Å²) in [5.41, 5.74) is 5.59. The van der Waals surface area contributed by atoms with Gasteiger partial charge in [-0.15, -0.1) is 0 Å². The maximum absolute atomic E-state index is 12.0. The van der Waals surface area contributed by atoms with Crippen LogP contribution in [0.4, 0.5) is 4.79 Å². The number of fused-ring (bicyclic) bond motifs is 1. The summed E-state index contributed by atoms with van der Waals surface area (Å²) in [4.78, 5) is 16.5. The Labute approximate surface area is 121 Å². The second-order valence-electron chi connectivity index (χ2n) is 7.56. The molecule has 2 unspecified atom stereocenters. The SMILES string of the molecule is CC(C)(C)OC(=O)N1CCC(N2CC3C(N)C3C2)CC1. The Morgan fingerprint density at radius 2 is 1.70 bits per heavy atom. The van der Waals surface area contributed by atoms with Crippen LogP contribution in [0.5, 0.6) is 0 Å². The molecular weight excluding hydrogens is 254 g/mol. The highest BCUT2D eigenvalue weighted by Crippen LogP contribution is 2.45. The van der Waals surface area contributed by atoms with E-state index in [1.54, 1.807) is 0 Å². The number of piperidine rings is 2. The molecule has 3 fully saturated rings. The Kier molecular flexibility index (Phi) is 3.45. The Hall–Kier alpha value is -0.810. The van der Waals surface area contributed by atoms with Crippen molar-refractivity contribution in [3.63, 3.8) is 0 Å². The molecule has 2 aliphatic heterocycles. The second kappa shape index (κ2) is 4.88. The lowest BCUT2D eigenvalue weighted by Gasteiger charge is -2.38. The van der Waals surface area contributed by atoms with Crippen molar-refractivity contribution in [2.75, 3.05) is 26.2 Å². The second-order valence-corrected chi connectivity index (χ2v) is 7.56. The molecule has 3 aliphatic rings. The summed E-state index contributed by atoms with van der Waals surface area (Å²) in [6.07, 6.45) is 1.96. The molecule has 1 saturated carbocycles. The minimum atomic E-state index is -0.402. The summed E-state index contributed by atoms with van der Waals surface area (Å²) in [7, 11) is 0. The molecule has 0 spiro atoms. The van der Waals surface area contributed by atoms with E-state index in [9.17, 15) is 4.79 Å². The van der Waals surface area contributed by atoms with Gasteiger partial charge in [0, 0.05) is 38.3 Å². The molecule has 2 saturated heterocycles. The third kappa shape index (κ3) is 2.79. The number of rotatable bonds is 1. The molecule has 5 nitrogen and oxygen atoms in total. The van der Waals surface area contributed by atoms with E-state index >= 15 is 0 Å². The van der Waals surface area contributed by atoms with Gasteiger partial charge in [-0.2, -0.15) is 0 Å². The van der Waals surface area contributed by atoms with Crippen LogP contribution < -0.4 is 5.73 Å². The largest absolute Gasteiger partial charge is 0.444 e. The number of hydrogen-bond acceptors (Lipinski definition) is 4. The number of carbonyl (C=O) groups excluding carboxylic acids is 1. The van der Waals surface area contributed by atoms with Crippen molar-refractivity contribution in [1.82, 2.24) is 9.80 Å². The van der Waals surface area contributed by atoms with Crippen LogP contribution in [0.2, 0.25) is 0 Å². The summed E-state index contributed by atoms with van der Waals surface area (Å²) < 4.78 is 5.43. The van der Waals surface area contributed by atoms with E-state index in [1.165, 1.54) is 13.1 Å². The van der Waals surface area contributed by atoms with Gasteiger partial charge in [0.15, 0.2) is 0 Å². The van der Waals surface area contributed by atoms with Crippen LogP contribution in [-0.4, -0.2) is 59.8 Å². The van der Waals surface area contributed by atoms with Gasteiger partial charge in [0.25, 0.3) is 0 Å². The molecular formula is C15H27N3O2. The van der Waals surface area contributed by atoms with E-state index in [0.29, 0.717) is 12.1 Å². The van der Waals surface area contributed by atoms with Gasteiger partial charge >= 0.3 is 6.09 Å². The molecule has 0 aromatic heterocycles. The number of hydrogen-bond donors (Lipinski definition) is 1. The standard InChI is InChI=1S/C15H27N3O2/c1-15(2,3)20-14(19)17-6-4-10(5-7-17)18-8-11-12(9-18)13(11)16/h10-13H,4-9,16H2,1-3H3. The summed E-state index contributed by atoms with van der Waals surface area (Å²) in [5, 5.41) is 0. The van der Waals surface area contributed by atoms with Gasteiger partial charge in [-0.25, -0.2) is 4.79 Å². The Morgan fingerprint density at radius 1 is 1.15 bits per heavy atom. The van der Waals surface area contributed by atoms with Crippen molar-refractivity contribution in [2.24, 2.45) is 17.6 Å². The Balaban J connectivity index is 1.44. The van der Waals surface area contributed by atoms with E-state index in [-0.39, 0.29) is 6.09 Å². The fourth-order valence-corrected chi connectivity index (χ4v) is 3.64. The van der Waals surface area contributed by atoms with Crippen molar-refractivity contribution in [3.05, 3.63) is 0 Å². The van der Waals surface area contributed by atoms with Gasteiger partial charge in [-0.05, 0) is 45.4 Å². The van der Waals surface area contributed by atoms with Gasteiger partial charge < -0.3 is 15.4 Å². The van der Waals surface area contributed by atoms with Crippen LogP contribution in [0.25, 0.3) is 0 Å². The van der Waals surface area contributed by atoms with Gasteiger partial charge in [-0.1, -0.05) is 0 Å². The lowest BCUT2D eigenvalue weighted by Crippen LogP contribution is -2.48. The fraction of sp³-hybridized carbons (Fsp3) is 0.933. The van der Waals surface area contributed by atoms with Gasteiger partial charge in [0.05, 0.1) is 0 Å². The van der Waals surface area contributed by atoms with Crippen LogP contribution in [0.15, 0.2) is 0 Å². The van der Waals surface area contributed by atoms with Gasteiger partial charge in [-0.3, -0.25) is 4.90 Å².